The van der Waals surface area contributed by atoms with E-state index in [0.717, 1.165) is 30.8 Å². The molecule has 2 nitrogen and oxygen atoms in total. The Morgan fingerprint density at radius 3 is 2.63 bits per heavy atom. The Hall–Kier alpha value is -1.87. The van der Waals surface area contributed by atoms with Gasteiger partial charge in [0, 0.05) is 12.0 Å². The van der Waals surface area contributed by atoms with Gasteiger partial charge >= 0.3 is 0 Å². The predicted molar refractivity (Wildman–Crippen MR) is 73.6 cm³/mol. The monoisotopic (exact) mass is 260 g/mol. The number of methoxy groups -OCH3 is 1. The Bertz CT molecular complexity index is 528. The van der Waals surface area contributed by atoms with Gasteiger partial charge in [-0.2, -0.15) is 0 Å². The normalized spacial score (nSPS) is 10.4. The number of rotatable bonds is 6. The summed E-state index contributed by atoms with van der Waals surface area (Å²) in [5, 5.41) is 2.19. The van der Waals surface area contributed by atoms with Gasteiger partial charge in [0.2, 0.25) is 0 Å². The highest BCUT2D eigenvalue weighted by molar-refractivity contribution is 5.28. The molecular weight excluding hydrogens is 241 g/mol. The third-order valence-electron chi connectivity index (χ3n) is 3.04. The topological polar surface area (TPSA) is 25.8 Å². The van der Waals surface area contributed by atoms with Gasteiger partial charge in [-0.15, -0.1) is 0 Å². The Morgan fingerprint density at radius 2 is 1.84 bits per heavy atom. The van der Waals surface area contributed by atoms with Gasteiger partial charge in [-0.05, 0) is 29.8 Å². The largest absolute Gasteiger partial charge is 0.497 e. The molecule has 0 amide bonds. The number of benzene rings is 2. The summed E-state index contributed by atoms with van der Waals surface area (Å²) < 4.78 is 18.2. The van der Waals surface area contributed by atoms with Crippen molar-refractivity contribution in [3.05, 3.63) is 65.5 Å². The molecule has 0 radical (unpaired) electrons. The van der Waals surface area contributed by atoms with E-state index in [-0.39, 0.29) is 5.82 Å². The first-order valence-electron chi connectivity index (χ1n) is 6.47. The molecular formula is C16H19FNO+. The molecule has 2 N–H and O–H groups in total. The summed E-state index contributed by atoms with van der Waals surface area (Å²) in [6.45, 7) is 1.78. The van der Waals surface area contributed by atoms with E-state index in [1.165, 1.54) is 11.6 Å². The molecule has 0 atom stereocenters. The second-order valence-corrected chi connectivity index (χ2v) is 4.51. The van der Waals surface area contributed by atoms with Crippen LogP contribution in [0.3, 0.4) is 0 Å². The maximum Gasteiger partial charge on any atom is 0.123 e. The summed E-state index contributed by atoms with van der Waals surface area (Å²) in [6.07, 6.45) is 0.979. The Balaban J connectivity index is 1.77. The molecule has 19 heavy (non-hydrogen) atoms. The molecule has 2 rings (SSSR count). The fourth-order valence-corrected chi connectivity index (χ4v) is 2.03. The van der Waals surface area contributed by atoms with E-state index in [2.05, 4.69) is 17.4 Å². The lowest BCUT2D eigenvalue weighted by Gasteiger charge is -2.05. The summed E-state index contributed by atoms with van der Waals surface area (Å²) >= 11 is 0. The third kappa shape index (κ3) is 4.38. The van der Waals surface area contributed by atoms with Crippen LogP contribution in [0.25, 0.3) is 0 Å². The summed E-state index contributed by atoms with van der Waals surface area (Å²) in [4.78, 5) is 0. The van der Waals surface area contributed by atoms with Crippen LogP contribution in [0.5, 0.6) is 5.75 Å². The van der Waals surface area contributed by atoms with Crippen LogP contribution in [0.15, 0.2) is 48.5 Å². The molecule has 0 fully saturated rings. The van der Waals surface area contributed by atoms with Crippen molar-refractivity contribution >= 4 is 0 Å². The van der Waals surface area contributed by atoms with Gasteiger partial charge in [0.25, 0.3) is 0 Å². The smallest absolute Gasteiger partial charge is 0.123 e. The number of halogens is 1. The number of ether oxygens (including phenoxy) is 1. The molecule has 0 heterocycles. The molecule has 3 heteroatoms. The lowest BCUT2D eigenvalue weighted by molar-refractivity contribution is -0.670. The zero-order chi connectivity index (χ0) is 13.5. The van der Waals surface area contributed by atoms with E-state index < -0.39 is 0 Å². The van der Waals surface area contributed by atoms with Gasteiger partial charge in [-0.3, -0.25) is 0 Å². The standard InChI is InChI=1S/C16H18FNO/c1-19-16-7-3-4-13(11-16)8-9-18-12-14-5-2-6-15(17)10-14/h2-7,10-11,18H,8-9,12H2,1H3/p+1. The first-order valence-corrected chi connectivity index (χ1v) is 6.47. The molecule has 100 valence electrons. The quantitative estimate of drug-likeness (QED) is 0.791. The molecule has 0 aliphatic carbocycles. The second kappa shape index (κ2) is 6.90. The van der Waals surface area contributed by atoms with Gasteiger partial charge in [-0.25, -0.2) is 4.39 Å². The van der Waals surface area contributed by atoms with Crippen molar-refractivity contribution in [1.29, 1.82) is 0 Å². The molecule has 0 saturated carbocycles. The predicted octanol–water partition coefficient (Wildman–Crippen LogP) is 2.14. The van der Waals surface area contributed by atoms with Crippen LogP contribution in [0.2, 0.25) is 0 Å². The van der Waals surface area contributed by atoms with Crippen LogP contribution in [-0.4, -0.2) is 13.7 Å². The van der Waals surface area contributed by atoms with Crippen LogP contribution in [0.4, 0.5) is 4.39 Å². The zero-order valence-corrected chi connectivity index (χ0v) is 11.1. The van der Waals surface area contributed by atoms with Crippen molar-refractivity contribution in [2.24, 2.45) is 0 Å². The van der Waals surface area contributed by atoms with Crippen molar-refractivity contribution in [2.75, 3.05) is 13.7 Å². The molecule has 0 aromatic heterocycles. The Morgan fingerprint density at radius 1 is 1.05 bits per heavy atom. The maximum atomic E-state index is 13.0. The number of nitrogens with two attached hydrogens (primary N) is 1. The molecule has 2 aromatic carbocycles. The van der Waals surface area contributed by atoms with Crippen molar-refractivity contribution in [3.8, 4) is 5.75 Å². The molecule has 2 aromatic rings. The van der Waals surface area contributed by atoms with Gasteiger partial charge in [0.15, 0.2) is 0 Å². The number of hydrogen-bond donors (Lipinski definition) is 1. The highest BCUT2D eigenvalue weighted by atomic mass is 19.1. The van der Waals surface area contributed by atoms with E-state index in [1.807, 2.05) is 18.2 Å². The molecule has 0 aliphatic rings. The lowest BCUT2D eigenvalue weighted by Crippen LogP contribution is -2.83. The van der Waals surface area contributed by atoms with Crippen LogP contribution >= 0.6 is 0 Å². The van der Waals surface area contributed by atoms with Crippen LogP contribution in [-0.2, 0) is 13.0 Å². The maximum absolute atomic E-state index is 13.0. The number of hydrogen-bond acceptors (Lipinski definition) is 1. The van der Waals surface area contributed by atoms with Gasteiger partial charge < -0.3 is 10.1 Å². The Kier molecular flexibility index (Phi) is 4.93. The second-order valence-electron chi connectivity index (χ2n) is 4.51. The fraction of sp³-hybridized carbons (Fsp3) is 0.250. The fourth-order valence-electron chi connectivity index (χ4n) is 2.03. The average Bonchev–Trinajstić information content (AvgIpc) is 2.44. The van der Waals surface area contributed by atoms with Crippen molar-refractivity contribution < 1.29 is 14.4 Å². The van der Waals surface area contributed by atoms with Crippen molar-refractivity contribution in [2.45, 2.75) is 13.0 Å². The van der Waals surface area contributed by atoms with Crippen molar-refractivity contribution in [3.63, 3.8) is 0 Å². The molecule has 0 unspecified atom stereocenters. The zero-order valence-electron chi connectivity index (χ0n) is 11.1. The summed E-state index contributed by atoms with van der Waals surface area (Å²) in [7, 11) is 1.68. The highest BCUT2D eigenvalue weighted by Crippen LogP contribution is 2.12. The van der Waals surface area contributed by atoms with E-state index in [9.17, 15) is 4.39 Å². The first-order chi connectivity index (χ1) is 9.28. The van der Waals surface area contributed by atoms with Crippen LogP contribution in [0.1, 0.15) is 11.1 Å². The molecule has 0 spiro atoms. The van der Waals surface area contributed by atoms with Crippen LogP contribution < -0.4 is 10.1 Å². The van der Waals surface area contributed by atoms with E-state index in [0.29, 0.717) is 0 Å². The minimum atomic E-state index is -0.168. The SMILES string of the molecule is COc1cccc(CC[NH2+]Cc2cccc(F)c2)c1. The van der Waals surface area contributed by atoms with E-state index >= 15 is 0 Å². The molecule has 0 saturated heterocycles. The van der Waals surface area contributed by atoms with Gasteiger partial charge in [0.05, 0.1) is 13.7 Å². The summed E-state index contributed by atoms with van der Waals surface area (Å²) in [6, 6.07) is 14.8. The molecule has 0 aliphatic heterocycles. The first kappa shape index (κ1) is 13.6. The minimum absolute atomic E-state index is 0.168. The van der Waals surface area contributed by atoms with E-state index in [4.69, 9.17) is 4.74 Å². The van der Waals surface area contributed by atoms with Crippen LogP contribution in [0, 0.1) is 5.82 Å². The average molecular weight is 260 g/mol. The van der Waals surface area contributed by atoms with Crippen molar-refractivity contribution in [1.82, 2.24) is 0 Å². The molecule has 0 bridgehead atoms. The minimum Gasteiger partial charge on any atom is -0.497 e. The number of quaternary nitrogens is 1. The van der Waals surface area contributed by atoms with Gasteiger partial charge in [-0.1, -0.05) is 24.3 Å². The lowest BCUT2D eigenvalue weighted by atomic mass is 10.1. The summed E-state index contributed by atoms with van der Waals surface area (Å²) in [5.41, 5.74) is 2.28. The third-order valence-corrected chi connectivity index (χ3v) is 3.04. The Labute approximate surface area is 113 Å². The van der Waals surface area contributed by atoms with E-state index in [1.54, 1.807) is 19.2 Å². The highest BCUT2D eigenvalue weighted by Gasteiger charge is 2.00. The van der Waals surface area contributed by atoms with Gasteiger partial charge in [0.1, 0.15) is 18.1 Å². The summed E-state index contributed by atoms with van der Waals surface area (Å²) in [5.74, 6) is 0.723.